The predicted octanol–water partition coefficient (Wildman–Crippen LogP) is 1.47. The van der Waals surface area contributed by atoms with E-state index in [-0.39, 0.29) is 23.9 Å². The first-order valence-corrected chi connectivity index (χ1v) is 3.94. The molecule has 0 N–H and O–H groups in total. The zero-order chi connectivity index (χ0) is 9.56. The molecule has 0 aliphatic rings. The Bertz CT molecular complexity index is 215. The standard InChI is InChI=1S/C9H13NO2/c1-7(3-4-10)5-9(12)6-8(2)11/h7H,3,5-6H2,1-2H3/t7-/m1/s1. The summed E-state index contributed by atoms with van der Waals surface area (Å²) in [6, 6.07) is 1.99. The molecule has 0 saturated carbocycles. The lowest BCUT2D eigenvalue weighted by Gasteiger charge is -2.03. The Morgan fingerprint density at radius 2 is 2.08 bits per heavy atom. The normalized spacial score (nSPS) is 11.8. The van der Waals surface area contributed by atoms with E-state index in [0.29, 0.717) is 12.8 Å². The van der Waals surface area contributed by atoms with Crippen LogP contribution in [0.1, 0.15) is 33.1 Å². The number of hydrogen-bond acceptors (Lipinski definition) is 3. The Hall–Kier alpha value is -1.17. The van der Waals surface area contributed by atoms with Crippen LogP contribution in [0.3, 0.4) is 0 Å². The van der Waals surface area contributed by atoms with Crippen LogP contribution >= 0.6 is 0 Å². The van der Waals surface area contributed by atoms with E-state index in [9.17, 15) is 9.59 Å². The van der Waals surface area contributed by atoms with Crippen LogP contribution in [0.5, 0.6) is 0 Å². The van der Waals surface area contributed by atoms with E-state index in [1.165, 1.54) is 6.92 Å². The molecule has 0 amide bonds. The van der Waals surface area contributed by atoms with Crippen molar-refractivity contribution < 1.29 is 9.59 Å². The summed E-state index contributed by atoms with van der Waals surface area (Å²) in [6.45, 7) is 3.23. The van der Waals surface area contributed by atoms with Crippen molar-refractivity contribution >= 4 is 11.6 Å². The third kappa shape index (κ3) is 5.60. The fourth-order valence-electron chi connectivity index (χ4n) is 0.966. The van der Waals surface area contributed by atoms with Gasteiger partial charge in [0.15, 0.2) is 0 Å². The highest BCUT2D eigenvalue weighted by atomic mass is 16.1. The van der Waals surface area contributed by atoms with Gasteiger partial charge in [0.25, 0.3) is 0 Å². The largest absolute Gasteiger partial charge is 0.300 e. The molecule has 0 unspecified atom stereocenters. The highest BCUT2D eigenvalue weighted by Crippen LogP contribution is 2.08. The Kier molecular flexibility index (Phi) is 4.94. The molecule has 0 aliphatic heterocycles. The first-order chi connectivity index (χ1) is 5.56. The molecule has 0 aromatic heterocycles. The van der Waals surface area contributed by atoms with Crippen LogP contribution in [0.2, 0.25) is 0 Å². The van der Waals surface area contributed by atoms with E-state index >= 15 is 0 Å². The zero-order valence-corrected chi connectivity index (χ0v) is 7.46. The molecule has 12 heavy (non-hydrogen) atoms. The second-order valence-electron chi connectivity index (χ2n) is 3.09. The van der Waals surface area contributed by atoms with Gasteiger partial charge in [-0.2, -0.15) is 5.26 Å². The Labute approximate surface area is 72.4 Å². The van der Waals surface area contributed by atoms with Gasteiger partial charge in [-0.1, -0.05) is 6.92 Å². The molecule has 3 nitrogen and oxygen atoms in total. The minimum Gasteiger partial charge on any atom is -0.300 e. The molecule has 66 valence electrons. The van der Waals surface area contributed by atoms with Crippen LogP contribution < -0.4 is 0 Å². The Balaban J connectivity index is 3.70. The minimum atomic E-state index is -0.107. The second kappa shape index (κ2) is 5.48. The predicted molar refractivity (Wildman–Crippen MR) is 44.3 cm³/mol. The van der Waals surface area contributed by atoms with Crippen LogP contribution in [0.4, 0.5) is 0 Å². The minimum absolute atomic E-state index is 0.00969. The summed E-state index contributed by atoms with van der Waals surface area (Å²) >= 11 is 0. The van der Waals surface area contributed by atoms with Crippen molar-refractivity contribution in [1.82, 2.24) is 0 Å². The first-order valence-electron chi connectivity index (χ1n) is 3.94. The lowest BCUT2D eigenvalue weighted by atomic mass is 9.99. The molecule has 0 bridgehead atoms. The summed E-state index contributed by atoms with van der Waals surface area (Å²) < 4.78 is 0. The molecule has 3 heteroatoms. The van der Waals surface area contributed by atoms with E-state index in [0.717, 1.165) is 0 Å². The van der Waals surface area contributed by atoms with Crippen LogP contribution in [0, 0.1) is 17.2 Å². The van der Waals surface area contributed by atoms with Gasteiger partial charge in [0.05, 0.1) is 12.5 Å². The summed E-state index contributed by atoms with van der Waals surface area (Å²) in [7, 11) is 0. The molecule has 0 heterocycles. The van der Waals surface area contributed by atoms with Crippen LogP contribution in [0.15, 0.2) is 0 Å². The van der Waals surface area contributed by atoms with Crippen molar-refractivity contribution in [2.24, 2.45) is 5.92 Å². The lowest BCUT2D eigenvalue weighted by Crippen LogP contribution is -2.08. The third-order valence-electron chi connectivity index (χ3n) is 1.46. The number of hydrogen-bond donors (Lipinski definition) is 0. The molecule has 0 aliphatic carbocycles. The first kappa shape index (κ1) is 10.8. The number of carbonyl (C=O) groups is 2. The van der Waals surface area contributed by atoms with Gasteiger partial charge in [-0.05, 0) is 12.8 Å². The molecule has 1 atom stereocenters. The van der Waals surface area contributed by atoms with E-state index < -0.39 is 0 Å². The maximum atomic E-state index is 11.0. The summed E-state index contributed by atoms with van der Waals surface area (Å²) in [5.74, 6) is -0.101. The van der Waals surface area contributed by atoms with E-state index in [4.69, 9.17) is 5.26 Å². The number of nitrogens with zero attached hydrogens (tertiary/aromatic N) is 1. The molecular weight excluding hydrogens is 154 g/mol. The van der Waals surface area contributed by atoms with Gasteiger partial charge in [0.1, 0.15) is 11.6 Å². The van der Waals surface area contributed by atoms with Gasteiger partial charge < -0.3 is 0 Å². The molecule has 0 fully saturated rings. The monoisotopic (exact) mass is 167 g/mol. The second-order valence-corrected chi connectivity index (χ2v) is 3.09. The van der Waals surface area contributed by atoms with Gasteiger partial charge >= 0.3 is 0 Å². The van der Waals surface area contributed by atoms with E-state index in [2.05, 4.69) is 0 Å². The van der Waals surface area contributed by atoms with Crippen molar-refractivity contribution in [2.75, 3.05) is 0 Å². The smallest absolute Gasteiger partial charge is 0.140 e. The Morgan fingerprint density at radius 1 is 1.50 bits per heavy atom. The van der Waals surface area contributed by atoms with Gasteiger partial charge in [0, 0.05) is 12.8 Å². The highest BCUT2D eigenvalue weighted by molar-refractivity contribution is 5.97. The fraction of sp³-hybridized carbons (Fsp3) is 0.667. The summed E-state index contributed by atoms with van der Waals surface area (Å²) in [6.07, 6.45) is 0.729. The van der Waals surface area contributed by atoms with Crippen molar-refractivity contribution in [3.63, 3.8) is 0 Å². The molecule has 0 saturated heterocycles. The van der Waals surface area contributed by atoms with Crippen LogP contribution in [-0.4, -0.2) is 11.6 Å². The van der Waals surface area contributed by atoms with Gasteiger partial charge in [-0.15, -0.1) is 0 Å². The number of Topliss-reactive ketones (excluding diaryl/α,β-unsaturated/α-hetero) is 2. The van der Waals surface area contributed by atoms with Crippen LogP contribution in [-0.2, 0) is 9.59 Å². The average molecular weight is 167 g/mol. The van der Waals surface area contributed by atoms with Crippen molar-refractivity contribution in [3.05, 3.63) is 0 Å². The van der Waals surface area contributed by atoms with Gasteiger partial charge in [0.2, 0.25) is 0 Å². The number of nitriles is 1. The molecule has 0 aromatic rings. The summed E-state index contributed by atoms with van der Waals surface area (Å²) in [5, 5.41) is 8.30. The van der Waals surface area contributed by atoms with Gasteiger partial charge in [-0.25, -0.2) is 0 Å². The number of ketones is 2. The van der Waals surface area contributed by atoms with Gasteiger partial charge in [-0.3, -0.25) is 9.59 Å². The SMILES string of the molecule is CC(=O)CC(=O)C[C@H](C)CC#N. The fourth-order valence-corrected chi connectivity index (χ4v) is 0.966. The molecule has 0 spiro atoms. The van der Waals surface area contributed by atoms with Crippen molar-refractivity contribution in [3.8, 4) is 6.07 Å². The topological polar surface area (TPSA) is 57.9 Å². The molecule has 0 rings (SSSR count). The number of rotatable bonds is 5. The maximum absolute atomic E-state index is 11.0. The molecule has 0 aromatic carbocycles. The quantitative estimate of drug-likeness (QED) is 0.582. The number of carbonyl (C=O) groups excluding carboxylic acids is 2. The van der Waals surface area contributed by atoms with Crippen molar-refractivity contribution in [1.29, 1.82) is 5.26 Å². The third-order valence-corrected chi connectivity index (χ3v) is 1.46. The zero-order valence-electron chi connectivity index (χ0n) is 7.46. The summed E-state index contributed by atoms with van der Waals surface area (Å²) in [4.78, 5) is 21.5. The van der Waals surface area contributed by atoms with Crippen LogP contribution in [0.25, 0.3) is 0 Å². The highest BCUT2D eigenvalue weighted by Gasteiger charge is 2.10. The Morgan fingerprint density at radius 3 is 2.50 bits per heavy atom. The molecular formula is C9H13NO2. The summed E-state index contributed by atoms with van der Waals surface area (Å²) in [5.41, 5.74) is 0. The average Bonchev–Trinajstić information content (AvgIpc) is 1.84. The van der Waals surface area contributed by atoms with E-state index in [1.54, 1.807) is 0 Å². The van der Waals surface area contributed by atoms with Crippen molar-refractivity contribution in [2.45, 2.75) is 33.1 Å². The maximum Gasteiger partial charge on any atom is 0.140 e. The lowest BCUT2D eigenvalue weighted by molar-refractivity contribution is -0.126. The van der Waals surface area contributed by atoms with E-state index in [1.807, 2.05) is 13.0 Å². The molecule has 0 radical (unpaired) electrons.